The molecule has 0 saturated carbocycles. The molecule has 2 aliphatic rings. The lowest BCUT2D eigenvalue weighted by molar-refractivity contribution is -0.128. The molecule has 1 unspecified atom stereocenters. The Bertz CT molecular complexity index is 1500. The van der Waals surface area contributed by atoms with Crippen molar-refractivity contribution in [3.63, 3.8) is 0 Å². The number of nitrogens with one attached hydrogen (secondary N) is 2. The molecule has 6 rings (SSSR count). The van der Waals surface area contributed by atoms with E-state index >= 15 is 0 Å². The summed E-state index contributed by atoms with van der Waals surface area (Å²) in [6, 6.07) is 19.5. The lowest BCUT2D eigenvalue weighted by atomic mass is 10.1. The van der Waals surface area contributed by atoms with Crippen LogP contribution in [0.1, 0.15) is 17.4 Å². The third-order valence-electron chi connectivity index (χ3n) is 6.48. The van der Waals surface area contributed by atoms with E-state index in [1.165, 1.54) is 12.1 Å². The molecule has 0 aliphatic carbocycles. The number of anilines is 2. The van der Waals surface area contributed by atoms with E-state index in [-0.39, 0.29) is 18.3 Å². The van der Waals surface area contributed by atoms with E-state index < -0.39 is 6.23 Å². The number of benzene rings is 3. The molecule has 0 spiro atoms. The van der Waals surface area contributed by atoms with E-state index in [9.17, 15) is 9.18 Å². The maximum absolute atomic E-state index is 13.7. The molecule has 0 radical (unpaired) electrons. The molecule has 0 bridgehead atoms. The first-order valence-corrected chi connectivity index (χ1v) is 12.2. The van der Waals surface area contributed by atoms with Crippen molar-refractivity contribution in [1.29, 1.82) is 0 Å². The van der Waals surface area contributed by atoms with Crippen LogP contribution in [0.3, 0.4) is 0 Å². The molecule has 4 aromatic rings. The Kier molecular flexibility index (Phi) is 5.90. The normalized spacial score (nSPS) is 16.6. The summed E-state index contributed by atoms with van der Waals surface area (Å²) in [7, 11) is 0. The largest absolute Gasteiger partial charge is 0.344 e. The SMILES string of the molecule is C=C1Nc2ccc(CCN3C(=O)COC3c3cn(-c4ccc(Cl)cc4)nc3-c3ccc(F)cc3)cc2N1. The van der Waals surface area contributed by atoms with Crippen molar-refractivity contribution in [2.75, 3.05) is 23.8 Å². The smallest absolute Gasteiger partial charge is 0.250 e. The second kappa shape index (κ2) is 9.38. The molecule has 1 aromatic heterocycles. The van der Waals surface area contributed by atoms with Gasteiger partial charge in [0.25, 0.3) is 5.91 Å². The van der Waals surface area contributed by atoms with Crippen molar-refractivity contribution in [2.45, 2.75) is 12.6 Å². The van der Waals surface area contributed by atoms with Crippen LogP contribution in [-0.2, 0) is 16.0 Å². The summed E-state index contributed by atoms with van der Waals surface area (Å²) in [5.74, 6) is 0.309. The molecule has 1 saturated heterocycles. The van der Waals surface area contributed by atoms with E-state index in [0.717, 1.165) is 39.6 Å². The number of fused-ring (bicyclic) bond motifs is 1. The van der Waals surface area contributed by atoms with Crippen LogP contribution in [0, 0.1) is 5.82 Å². The minimum absolute atomic E-state index is 0.0187. The van der Waals surface area contributed by atoms with Crippen LogP contribution in [0.2, 0.25) is 5.02 Å². The van der Waals surface area contributed by atoms with Crippen molar-refractivity contribution in [2.24, 2.45) is 0 Å². The van der Waals surface area contributed by atoms with Gasteiger partial charge < -0.3 is 20.3 Å². The van der Waals surface area contributed by atoms with Gasteiger partial charge in [0, 0.05) is 28.9 Å². The van der Waals surface area contributed by atoms with Gasteiger partial charge in [-0.15, -0.1) is 0 Å². The highest BCUT2D eigenvalue weighted by Crippen LogP contribution is 2.36. The van der Waals surface area contributed by atoms with Crippen molar-refractivity contribution < 1.29 is 13.9 Å². The van der Waals surface area contributed by atoms with Gasteiger partial charge in [0.1, 0.15) is 23.9 Å². The second-order valence-corrected chi connectivity index (χ2v) is 9.41. The first kappa shape index (κ1) is 23.3. The Morgan fingerprint density at radius 3 is 2.59 bits per heavy atom. The van der Waals surface area contributed by atoms with Gasteiger partial charge >= 0.3 is 0 Å². The molecule has 37 heavy (non-hydrogen) atoms. The fourth-order valence-electron chi connectivity index (χ4n) is 4.64. The Balaban J connectivity index is 1.32. The van der Waals surface area contributed by atoms with Crippen molar-refractivity contribution in [3.05, 3.63) is 107 Å². The third kappa shape index (κ3) is 4.57. The van der Waals surface area contributed by atoms with Crippen LogP contribution < -0.4 is 10.6 Å². The van der Waals surface area contributed by atoms with Crippen molar-refractivity contribution in [1.82, 2.24) is 14.7 Å². The minimum atomic E-state index is -0.623. The van der Waals surface area contributed by atoms with Gasteiger partial charge in [0.05, 0.1) is 17.1 Å². The number of hydrogen-bond donors (Lipinski definition) is 2. The Morgan fingerprint density at radius 2 is 1.81 bits per heavy atom. The zero-order chi connectivity index (χ0) is 25.5. The van der Waals surface area contributed by atoms with Gasteiger partial charge in [-0.05, 0) is 72.6 Å². The molecule has 9 heteroatoms. The summed E-state index contributed by atoms with van der Waals surface area (Å²) in [4.78, 5) is 14.6. The summed E-state index contributed by atoms with van der Waals surface area (Å²) in [6.45, 7) is 4.35. The number of ether oxygens (including phenoxy) is 1. The predicted molar refractivity (Wildman–Crippen MR) is 141 cm³/mol. The Morgan fingerprint density at radius 1 is 1.05 bits per heavy atom. The second-order valence-electron chi connectivity index (χ2n) is 8.97. The standard InChI is InChI=1S/C28H23ClFN5O2/c1-17-31-24-11-2-18(14-25(24)32-17)12-13-34-26(36)16-37-28(34)23-15-35(22-9-5-20(29)6-10-22)33-27(23)19-3-7-21(30)8-4-19/h2-11,14-15,28,31-32H,1,12-13,16H2. The highest BCUT2D eigenvalue weighted by Gasteiger charge is 2.36. The molecule has 1 amide bonds. The molecule has 186 valence electrons. The zero-order valence-corrected chi connectivity index (χ0v) is 20.5. The average molecular weight is 516 g/mol. The molecular formula is C28H23ClFN5O2. The highest BCUT2D eigenvalue weighted by atomic mass is 35.5. The molecule has 2 N–H and O–H groups in total. The number of nitrogens with zero attached hydrogens (tertiary/aromatic N) is 3. The summed E-state index contributed by atoms with van der Waals surface area (Å²) >= 11 is 6.07. The molecule has 1 fully saturated rings. The van der Waals surface area contributed by atoms with E-state index in [0.29, 0.717) is 23.7 Å². The minimum Gasteiger partial charge on any atom is -0.344 e. The lowest BCUT2D eigenvalue weighted by Gasteiger charge is -2.23. The fourth-order valence-corrected chi connectivity index (χ4v) is 4.77. The van der Waals surface area contributed by atoms with Crippen LogP contribution in [0.4, 0.5) is 15.8 Å². The van der Waals surface area contributed by atoms with Crippen molar-refractivity contribution in [3.8, 4) is 16.9 Å². The molecule has 3 aromatic carbocycles. The zero-order valence-electron chi connectivity index (χ0n) is 19.7. The first-order valence-electron chi connectivity index (χ1n) is 11.8. The van der Waals surface area contributed by atoms with Crippen LogP contribution in [-0.4, -0.2) is 33.7 Å². The van der Waals surface area contributed by atoms with Crippen LogP contribution in [0.15, 0.2) is 85.3 Å². The maximum atomic E-state index is 13.7. The van der Waals surface area contributed by atoms with E-state index in [4.69, 9.17) is 21.4 Å². The number of rotatable bonds is 6. The third-order valence-corrected chi connectivity index (χ3v) is 6.73. The number of carbonyl (C=O) groups is 1. The van der Waals surface area contributed by atoms with Gasteiger partial charge in [0.2, 0.25) is 0 Å². The topological polar surface area (TPSA) is 71.4 Å². The quantitative estimate of drug-likeness (QED) is 0.342. The van der Waals surface area contributed by atoms with E-state index in [1.807, 2.05) is 30.5 Å². The van der Waals surface area contributed by atoms with Gasteiger partial charge in [-0.25, -0.2) is 9.07 Å². The number of halogens is 2. The number of aromatic nitrogens is 2. The number of carbonyl (C=O) groups excluding carboxylic acids is 1. The Labute approximate surface area is 218 Å². The molecular weight excluding hydrogens is 493 g/mol. The highest BCUT2D eigenvalue weighted by molar-refractivity contribution is 6.30. The first-order chi connectivity index (χ1) is 17.9. The van der Waals surface area contributed by atoms with Crippen LogP contribution in [0.25, 0.3) is 16.9 Å². The average Bonchev–Trinajstić information content (AvgIpc) is 3.59. The summed E-state index contributed by atoms with van der Waals surface area (Å²) in [6.07, 6.45) is 1.88. The van der Waals surface area contributed by atoms with Gasteiger partial charge in [-0.1, -0.05) is 24.2 Å². The van der Waals surface area contributed by atoms with Crippen LogP contribution >= 0.6 is 11.6 Å². The van der Waals surface area contributed by atoms with E-state index in [1.54, 1.807) is 33.8 Å². The van der Waals surface area contributed by atoms with Crippen molar-refractivity contribution >= 4 is 28.9 Å². The maximum Gasteiger partial charge on any atom is 0.250 e. The Hall–Kier alpha value is -4.14. The number of hydrogen-bond acceptors (Lipinski definition) is 5. The number of amides is 1. The lowest BCUT2D eigenvalue weighted by Crippen LogP contribution is -2.30. The van der Waals surface area contributed by atoms with Crippen LogP contribution in [0.5, 0.6) is 0 Å². The van der Waals surface area contributed by atoms with Gasteiger partial charge in [-0.2, -0.15) is 5.10 Å². The fraction of sp³-hybridized carbons (Fsp3) is 0.143. The van der Waals surface area contributed by atoms with Gasteiger partial charge in [-0.3, -0.25) is 4.79 Å². The monoisotopic (exact) mass is 515 g/mol. The summed E-state index contributed by atoms with van der Waals surface area (Å²) < 4.78 is 21.4. The molecule has 3 heterocycles. The molecule has 7 nitrogen and oxygen atoms in total. The summed E-state index contributed by atoms with van der Waals surface area (Å²) in [5.41, 5.74) is 5.89. The van der Waals surface area contributed by atoms with E-state index in [2.05, 4.69) is 23.3 Å². The summed E-state index contributed by atoms with van der Waals surface area (Å²) in [5, 5.41) is 11.8. The molecule has 2 aliphatic heterocycles. The molecule has 1 atom stereocenters. The predicted octanol–water partition coefficient (Wildman–Crippen LogP) is 5.74. The van der Waals surface area contributed by atoms with Gasteiger partial charge in [0.15, 0.2) is 6.23 Å².